The Labute approximate surface area is 249 Å². The molecule has 2 heterocycles. The molecule has 4 N–H and O–H groups in total. The Morgan fingerprint density at radius 1 is 1.21 bits per heavy atom. The lowest BCUT2D eigenvalue weighted by Gasteiger charge is -2.37. The number of amides is 2. The number of nitrogens with zero attached hydrogens (tertiary/aromatic N) is 3. The number of halogens is 1. The van der Waals surface area contributed by atoms with Gasteiger partial charge in [-0.15, -0.1) is 0 Å². The molecule has 0 bridgehead atoms. The number of phenols is 1. The molecule has 10 heteroatoms. The molecule has 5 rings (SSSR count). The monoisotopic (exact) mass is 585 g/mol. The number of anilines is 1. The number of aromatic nitrogens is 2. The van der Waals surface area contributed by atoms with Crippen LogP contribution >= 0.6 is 11.6 Å². The molecule has 9 nitrogen and oxygen atoms in total. The lowest BCUT2D eigenvalue weighted by Crippen LogP contribution is -2.58. The van der Waals surface area contributed by atoms with Gasteiger partial charge in [0.1, 0.15) is 23.5 Å². The number of hydrogen-bond donors (Lipinski definition) is 3. The van der Waals surface area contributed by atoms with Gasteiger partial charge in [-0.1, -0.05) is 48.6 Å². The van der Waals surface area contributed by atoms with Crippen molar-refractivity contribution in [1.82, 2.24) is 14.7 Å². The molecular formula is C32H32ClN5O4. The highest BCUT2D eigenvalue weighted by Crippen LogP contribution is 2.32. The fourth-order valence-electron chi connectivity index (χ4n) is 5.06. The quantitative estimate of drug-likeness (QED) is 0.391. The van der Waals surface area contributed by atoms with Crippen LogP contribution in [0, 0.1) is 17.8 Å². The molecule has 1 aliphatic carbocycles. The molecule has 1 fully saturated rings. The summed E-state index contributed by atoms with van der Waals surface area (Å²) in [6.45, 7) is 2.78. The van der Waals surface area contributed by atoms with E-state index in [4.69, 9.17) is 22.1 Å². The van der Waals surface area contributed by atoms with Gasteiger partial charge in [-0.05, 0) is 60.4 Å². The zero-order valence-electron chi connectivity index (χ0n) is 23.4. The normalized spacial score (nSPS) is 19.0. The molecule has 0 spiro atoms. The molecule has 0 radical (unpaired) electrons. The molecule has 2 aliphatic rings. The Balaban J connectivity index is 1.28. The maximum atomic E-state index is 13.4. The number of aryl methyl sites for hydroxylation is 1. The van der Waals surface area contributed by atoms with Crippen LogP contribution in [0.25, 0.3) is 11.3 Å². The van der Waals surface area contributed by atoms with E-state index in [9.17, 15) is 14.7 Å². The fourth-order valence-corrected chi connectivity index (χ4v) is 5.23. The average molecular weight is 586 g/mol. The number of carbonyl (C=O) groups excluding carboxylic acids is 2. The molecule has 3 aromatic rings. The summed E-state index contributed by atoms with van der Waals surface area (Å²) in [5, 5.41) is 18.1. The highest BCUT2D eigenvalue weighted by atomic mass is 35.5. The molecule has 1 aromatic heterocycles. The summed E-state index contributed by atoms with van der Waals surface area (Å²) in [5.74, 6) is 5.81. The van der Waals surface area contributed by atoms with Crippen LogP contribution in [0.1, 0.15) is 24.5 Å². The first kappa shape index (κ1) is 29.1. The molecule has 1 saturated heterocycles. The lowest BCUT2D eigenvalue weighted by molar-refractivity contribution is -0.146. The number of carbonyl (C=O) groups is 2. The van der Waals surface area contributed by atoms with E-state index < -0.39 is 12.1 Å². The Kier molecular flexibility index (Phi) is 8.78. The highest BCUT2D eigenvalue weighted by molar-refractivity contribution is 6.31. The predicted molar refractivity (Wildman–Crippen MR) is 162 cm³/mol. The van der Waals surface area contributed by atoms with Crippen molar-refractivity contribution in [2.45, 2.75) is 25.4 Å². The van der Waals surface area contributed by atoms with Crippen LogP contribution in [-0.4, -0.2) is 63.4 Å². The van der Waals surface area contributed by atoms with Crippen LogP contribution in [0.4, 0.5) is 5.69 Å². The van der Waals surface area contributed by atoms with Gasteiger partial charge in [0.05, 0.1) is 18.8 Å². The minimum Gasteiger partial charge on any atom is -0.507 e. The zero-order valence-corrected chi connectivity index (χ0v) is 24.1. The first-order valence-corrected chi connectivity index (χ1v) is 14.0. The fraction of sp³-hybridized carbons (Fsp3) is 0.281. The molecule has 3 atom stereocenters. The molecule has 1 unspecified atom stereocenters. The van der Waals surface area contributed by atoms with E-state index in [1.165, 1.54) is 11.0 Å². The first-order valence-electron chi connectivity index (χ1n) is 13.7. The lowest BCUT2D eigenvalue weighted by atomic mass is 9.87. The minimum atomic E-state index is -0.806. The van der Waals surface area contributed by atoms with E-state index in [1.54, 1.807) is 54.3 Å². The van der Waals surface area contributed by atoms with Crippen LogP contribution in [0.15, 0.2) is 72.5 Å². The van der Waals surface area contributed by atoms with Gasteiger partial charge in [-0.25, -0.2) is 0 Å². The maximum Gasteiger partial charge on any atom is 0.249 e. The van der Waals surface area contributed by atoms with Crippen molar-refractivity contribution in [3.63, 3.8) is 0 Å². The van der Waals surface area contributed by atoms with E-state index in [0.717, 1.165) is 12.0 Å². The van der Waals surface area contributed by atoms with Crippen molar-refractivity contribution < 1.29 is 19.4 Å². The smallest absolute Gasteiger partial charge is 0.249 e. The standard InChI is InChI=1S/C32H32ClN5O4/c1-20-5-3-4-6-25(20)29(34)32(41)38-15-16-42-19-27(38)31(40)35-24-12-8-21(9-13-24)7-10-22-18-37(2)36-30(22)26-17-23(33)11-14-28(26)39/h3-4,6,8-9,11-14,17-18,20,27,29,39H,5,15-16,19,34H2,1-2H3,(H,35,40)/t20?,27-,29+/m0/s1. The number of nitrogens with two attached hydrogens (primary N) is 1. The summed E-state index contributed by atoms with van der Waals surface area (Å²) < 4.78 is 7.17. The van der Waals surface area contributed by atoms with Crippen molar-refractivity contribution in [3.05, 3.63) is 88.6 Å². The third kappa shape index (κ3) is 6.42. The first-order chi connectivity index (χ1) is 20.2. The second-order valence-electron chi connectivity index (χ2n) is 10.4. The molecule has 42 heavy (non-hydrogen) atoms. The highest BCUT2D eigenvalue weighted by Gasteiger charge is 2.37. The zero-order chi connectivity index (χ0) is 29.8. The Morgan fingerprint density at radius 2 is 2.00 bits per heavy atom. The number of benzene rings is 2. The van der Waals surface area contributed by atoms with Gasteiger partial charge >= 0.3 is 0 Å². The maximum absolute atomic E-state index is 13.4. The number of ether oxygens (including phenoxy) is 1. The Morgan fingerprint density at radius 3 is 2.76 bits per heavy atom. The van der Waals surface area contributed by atoms with Crippen molar-refractivity contribution in [2.24, 2.45) is 18.7 Å². The van der Waals surface area contributed by atoms with Crippen LogP contribution in [0.2, 0.25) is 5.02 Å². The number of nitrogens with one attached hydrogen (secondary N) is 1. The molecule has 0 saturated carbocycles. The molecular weight excluding hydrogens is 554 g/mol. The van der Waals surface area contributed by atoms with Gasteiger partial charge < -0.3 is 25.8 Å². The van der Waals surface area contributed by atoms with Crippen LogP contribution in [0.3, 0.4) is 0 Å². The second-order valence-corrected chi connectivity index (χ2v) is 10.8. The summed E-state index contributed by atoms with van der Waals surface area (Å²) in [6, 6.07) is 10.2. The van der Waals surface area contributed by atoms with Crippen molar-refractivity contribution in [2.75, 3.05) is 25.1 Å². The third-order valence-corrected chi connectivity index (χ3v) is 7.59. The van der Waals surface area contributed by atoms with E-state index in [-0.39, 0.29) is 30.1 Å². The van der Waals surface area contributed by atoms with Gasteiger partial charge in [0.15, 0.2) is 0 Å². The summed E-state index contributed by atoms with van der Waals surface area (Å²) in [5.41, 5.74) is 10.2. The van der Waals surface area contributed by atoms with Crippen LogP contribution in [-0.2, 0) is 21.4 Å². The summed E-state index contributed by atoms with van der Waals surface area (Å²) in [4.78, 5) is 28.1. The Bertz CT molecular complexity index is 1620. The van der Waals surface area contributed by atoms with E-state index in [0.29, 0.717) is 46.2 Å². The number of phenolic OH excluding ortho intramolecular Hbond substituents is 1. The molecule has 1 aliphatic heterocycles. The van der Waals surface area contributed by atoms with E-state index >= 15 is 0 Å². The largest absolute Gasteiger partial charge is 0.507 e. The summed E-state index contributed by atoms with van der Waals surface area (Å²) in [6.07, 6.45) is 8.46. The van der Waals surface area contributed by atoms with E-state index in [1.807, 2.05) is 19.1 Å². The number of rotatable bonds is 5. The van der Waals surface area contributed by atoms with Gasteiger partial charge in [0.25, 0.3) is 0 Å². The third-order valence-electron chi connectivity index (χ3n) is 7.36. The molecule has 216 valence electrons. The minimum absolute atomic E-state index is 0.0599. The topological polar surface area (TPSA) is 123 Å². The van der Waals surface area contributed by atoms with Gasteiger partial charge in [-0.2, -0.15) is 5.10 Å². The van der Waals surface area contributed by atoms with Gasteiger partial charge in [-0.3, -0.25) is 14.3 Å². The van der Waals surface area contributed by atoms with Gasteiger partial charge in [0.2, 0.25) is 11.8 Å². The summed E-state index contributed by atoms with van der Waals surface area (Å²) in [7, 11) is 1.78. The van der Waals surface area contributed by atoms with Crippen LogP contribution < -0.4 is 11.1 Å². The van der Waals surface area contributed by atoms with Crippen molar-refractivity contribution in [3.8, 4) is 28.8 Å². The number of hydrogen-bond acceptors (Lipinski definition) is 6. The molecule has 2 amide bonds. The number of allylic oxidation sites excluding steroid dienone is 3. The van der Waals surface area contributed by atoms with Crippen molar-refractivity contribution >= 4 is 29.1 Å². The van der Waals surface area contributed by atoms with Crippen molar-refractivity contribution in [1.29, 1.82) is 0 Å². The van der Waals surface area contributed by atoms with Gasteiger partial charge in [0, 0.05) is 41.6 Å². The second kappa shape index (κ2) is 12.7. The summed E-state index contributed by atoms with van der Waals surface area (Å²) >= 11 is 6.13. The average Bonchev–Trinajstić information content (AvgIpc) is 3.37. The van der Waals surface area contributed by atoms with E-state index in [2.05, 4.69) is 28.3 Å². The predicted octanol–water partition coefficient (Wildman–Crippen LogP) is 3.86. The molecule has 2 aromatic carbocycles. The van der Waals surface area contributed by atoms with Crippen LogP contribution in [0.5, 0.6) is 5.75 Å². The SMILES string of the molecule is CC1CC=CC=C1[C@@H](N)C(=O)N1CCOC[C@H]1C(=O)Nc1ccc(C#Cc2cn(C)nc2-c2cc(Cl)ccc2O)cc1. The Hall–Kier alpha value is -4.36. The number of aromatic hydroxyl groups is 1. The number of morpholine rings is 1.